The number of rotatable bonds is 6. The zero-order valence-electron chi connectivity index (χ0n) is 17.7. The molecule has 0 unspecified atom stereocenters. The van der Waals surface area contributed by atoms with Gasteiger partial charge in [-0.15, -0.1) is 0 Å². The van der Waals surface area contributed by atoms with Gasteiger partial charge in [0.05, 0.1) is 11.3 Å². The SMILES string of the molecule is CCn1nc(C)cc1C(=O)N1CCC[C@H](CCC(=O)Nc2ccc(C(F)(F)F)cc2)C1. The standard InChI is InChI=1S/C22H27F3N4O2/c1-3-29-19(13-15(2)27-29)21(31)28-12-4-5-16(14-28)6-11-20(30)26-18-9-7-17(8-10-18)22(23,24)25/h7-10,13,16H,3-6,11-12,14H2,1-2H3,(H,26,30)/t16-/m1/s1. The topological polar surface area (TPSA) is 67.2 Å². The van der Waals surface area contributed by atoms with Crippen molar-refractivity contribution in [3.05, 3.63) is 47.3 Å². The Hall–Kier alpha value is -2.84. The number of aromatic nitrogens is 2. The van der Waals surface area contributed by atoms with Gasteiger partial charge in [0.25, 0.3) is 5.91 Å². The second-order valence-electron chi connectivity index (χ2n) is 7.91. The first-order valence-electron chi connectivity index (χ1n) is 10.5. The fourth-order valence-corrected chi connectivity index (χ4v) is 3.91. The first kappa shape index (κ1) is 22.8. The Morgan fingerprint density at radius 1 is 1.23 bits per heavy atom. The molecule has 1 atom stereocenters. The number of likely N-dealkylation sites (tertiary alicyclic amines) is 1. The number of halogens is 3. The molecule has 1 aromatic carbocycles. The molecule has 1 saturated heterocycles. The number of nitrogens with zero attached hydrogens (tertiary/aromatic N) is 3. The van der Waals surface area contributed by atoms with Crippen LogP contribution in [0.1, 0.15) is 54.4 Å². The number of piperidine rings is 1. The summed E-state index contributed by atoms with van der Waals surface area (Å²) in [6, 6.07) is 6.19. The summed E-state index contributed by atoms with van der Waals surface area (Å²) in [6.45, 7) is 5.69. The maximum Gasteiger partial charge on any atom is 0.416 e. The molecular weight excluding hydrogens is 409 g/mol. The van der Waals surface area contributed by atoms with Crippen LogP contribution in [-0.4, -0.2) is 39.6 Å². The van der Waals surface area contributed by atoms with Gasteiger partial charge < -0.3 is 10.2 Å². The number of hydrogen-bond acceptors (Lipinski definition) is 3. The van der Waals surface area contributed by atoms with E-state index in [-0.39, 0.29) is 24.2 Å². The summed E-state index contributed by atoms with van der Waals surface area (Å²) in [5.74, 6) is -0.0839. The van der Waals surface area contributed by atoms with E-state index in [4.69, 9.17) is 0 Å². The Balaban J connectivity index is 1.51. The number of benzene rings is 1. The van der Waals surface area contributed by atoms with Gasteiger partial charge in [0.2, 0.25) is 5.91 Å². The molecule has 31 heavy (non-hydrogen) atoms. The molecule has 1 aliphatic rings. The molecule has 2 aromatic rings. The Bertz CT molecular complexity index is 922. The van der Waals surface area contributed by atoms with Gasteiger partial charge in [-0.25, -0.2) is 0 Å². The van der Waals surface area contributed by atoms with E-state index >= 15 is 0 Å². The van der Waals surface area contributed by atoms with E-state index in [0.717, 1.165) is 30.7 Å². The highest BCUT2D eigenvalue weighted by atomic mass is 19.4. The first-order valence-corrected chi connectivity index (χ1v) is 10.5. The third-order valence-electron chi connectivity index (χ3n) is 5.50. The van der Waals surface area contributed by atoms with Crippen LogP contribution >= 0.6 is 0 Å². The third kappa shape index (κ3) is 5.86. The van der Waals surface area contributed by atoms with E-state index < -0.39 is 11.7 Å². The normalized spacial score (nSPS) is 16.9. The highest BCUT2D eigenvalue weighted by Gasteiger charge is 2.30. The number of hydrogen-bond donors (Lipinski definition) is 1. The van der Waals surface area contributed by atoms with Crippen LogP contribution in [0.15, 0.2) is 30.3 Å². The van der Waals surface area contributed by atoms with Crippen molar-refractivity contribution in [3.63, 3.8) is 0 Å². The van der Waals surface area contributed by atoms with Crippen LogP contribution in [-0.2, 0) is 17.5 Å². The van der Waals surface area contributed by atoms with Gasteiger partial charge >= 0.3 is 6.18 Å². The largest absolute Gasteiger partial charge is 0.416 e. The number of carbonyl (C=O) groups is 2. The van der Waals surface area contributed by atoms with E-state index in [0.29, 0.717) is 37.4 Å². The van der Waals surface area contributed by atoms with Gasteiger partial charge in [0.1, 0.15) is 5.69 Å². The fraction of sp³-hybridized carbons (Fsp3) is 0.500. The molecule has 0 spiro atoms. The van der Waals surface area contributed by atoms with Gasteiger partial charge in [-0.3, -0.25) is 14.3 Å². The van der Waals surface area contributed by atoms with Crippen molar-refractivity contribution in [2.45, 2.75) is 52.3 Å². The molecule has 1 aliphatic heterocycles. The lowest BCUT2D eigenvalue weighted by Gasteiger charge is -2.32. The van der Waals surface area contributed by atoms with Crippen molar-refractivity contribution in [1.29, 1.82) is 0 Å². The number of amides is 2. The van der Waals surface area contributed by atoms with Crippen LogP contribution in [0.5, 0.6) is 0 Å². The van der Waals surface area contributed by atoms with E-state index in [1.54, 1.807) is 10.7 Å². The van der Waals surface area contributed by atoms with Crippen molar-refractivity contribution < 1.29 is 22.8 Å². The van der Waals surface area contributed by atoms with Crippen molar-refractivity contribution in [2.75, 3.05) is 18.4 Å². The van der Waals surface area contributed by atoms with E-state index in [9.17, 15) is 22.8 Å². The first-order chi connectivity index (χ1) is 14.7. The minimum absolute atomic E-state index is 0.0404. The predicted octanol–water partition coefficient (Wildman–Crippen LogP) is 4.50. The van der Waals surface area contributed by atoms with E-state index in [2.05, 4.69) is 10.4 Å². The molecular formula is C22H27F3N4O2. The van der Waals surface area contributed by atoms with E-state index in [1.807, 2.05) is 18.7 Å². The highest BCUT2D eigenvalue weighted by molar-refractivity contribution is 5.93. The minimum Gasteiger partial charge on any atom is -0.337 e. The van der Waals surface area contributed by atoms with Gasteiger partial charge in [-0.2, -0.15) is 18.3 Å². The Labute approximate surface area is 179 Å². The fourth-order valence-electron chi connectivity index (χ4n) is 3.91. The smallest absolute Gasteiger partial charge is 0.337 e. The summed E-state index contributed by atoms with van der Waals surface area (Å²) in [6.07, 6.45) is -1.73. The van der Waals surface area contributed by atoms with Crippen LogP contribution in [0.3, 0.4) is 0 Å². The third-order valence-corrected chi connectivity index (χ3v) is 5.50. The lowest BCUT2D eigenvalue weighted by molar-refractivity contribution is -0.137. The lowest BCUT2D eigenvalue weighted by Crippen LogP contribution is -2.41. The zero-order chi connectivity index (χ0) is 22.6. The van der Waals surface area contributed by atoms with Crippen LogP contribution in [0.2, 0.25) is 0 Å². The highest BCUT2D eigenvalue weighted by Crippen LogP contribution is 2.30. The molecule has 0 radical (unpaired) electrons. The summed E-state index contributed by atoms with van der Waals surface area (Å²) >= 11 is 0. The van der Waals surface area contributed by atoms with Gasteiger partial charge in [0, 0.05) is 31.7 Å². The Kier molecular flexibility index (Phi) is 7.02. The molecule has 2 amide bonds. The summed E-state index contributed by atoms with van der Waals surface area (Å²) in [4.78, 5) is 27.0. The van der Waals surface area contributed by atoms with Gasteiger partial charge in [-0.05, 0) is 69.4 Å². The second-order valence-corrected chi connectivity index (χ2v) is 7.91. The zero-order valence-corrected chi connectivity index (χ0v) is 17.7. The Morgan fingerprint density at radius 3 is 2.58 bits per heavy atom. The molecule has 3 rings (SSSR count). The molecule has 6 nitrogen and oxygen atoms in total. The molecule has 1 fully saturated rings. The predicted molar refractivity (Wildman–Crippen MR) is 111 cm³/mol. The minimum atomic E-state index is -4.40. The van der Waals surface area contributed by atoms with Crippen LogP contribution in [0.4, 0.5) is 18.9 Å². The van der Waals surface area contributed by atoms with E-state index in [1.165, 1.54) is 12.1 Å². The maximum atomic E-state index is 12.9. The van der Waals surface area contributed by atoms with Crippen molar-refractivity contribution >= 4 is 17.5 Å². The quantitative estimate of drug-likeness (QED) is 0.725. The number of nitrogens with one attached hydrogen (secondary N) is 1. The monoisotopic (exact) mass is 436 g/mol. The second kappa shape index (κ2) is 9.53. The molecule has 1 N–H and O–H groups in total. The summed E-state index contributed by atoms with van der Waals surface area (Å²) in [7, 11) is 0. The summed E-state index contributed by atoms with van der Waals surface area (Å²) in [5, 5.41) is 6.98. The maximum absolute atomic E-state index is 12.9. The summed E-state index contributed by atoms with van der Waals surface area (Å²) in [5.41, 5.74) is 0.970. The van der Waals surface area contributed by atoms with Crippen LogP contribution in [0, 0.1) is 12.8 Å². The van der Waals surface area contributed by atoms with Crippen molar-refractivity contribution in [3.8, 4) is 0 Å². The molecule has 168 valence electrons. The van der Waals surface area contributed by atoms with Crippen molar-refractivity contribution in [2.24, 2.45) is 5.92 Å². The Morgan fingerprint density at radius 2 is 1.94 bits per heavy atom. The average Bonchev–Trinajstić information content (AvgIpc) is 3.12. The molecule has 1 aromatic heterocycles. The van der Waals surface area contributed by atoms with Gasteiger partial charge in [0.15, 0.2) is 0 Å². The molecule has 2 heterocycles. The van der Waals surface area contributed by atoms with Gasteiger partial charge in [-0.1, -0.05) is 0 Å². The molecule has 0 bridgehead atoms. The van der Waals surface area contributed by atoms with Crippen molar-refractivity contribution in [1.82, 2.24) is 14.7 Å². The number of alkyl halides is 3. The lowest BCUT2D eigenvalue weighted by atomic mass is 9.93. The number of aryl methyl sites for hydroxylation is 2. The summed E-state index contributed by atoms with van der Waals surface area (Å²) < 4.78 is 39.6. The average molecular weight is 436 g/mol. The molecule has 0 saturated carbocycles. The van der Waals surface area contributed by atoms with Crippen LogP contribution in [0.25, 0.3) is 0 Å². The number of anilines is 1. The molecule has 0 aliphatic carbocycles. The molecule has 9 heteroatoms. The number of carbonyl (C=O) groups excluding carboxylic acids is 2. The van der Waals surface area contributed by atoms with Crippen LogP contribution < -0.4 is 5.32 Å².